The second kappa shape index (κ2) is 4.35. The minimum Gasteiger partial charge on any atom is -0.427 e. The van der Waals surface area contributed by atoms with Gasteiger partial charge in [0.1, 0.15) is 0 Å². The molecule has 0 spiro atoms. The van der Waals surface area contributed by atoms with Crippen LogP contribution in [0.25, 0.3) is 0 Å². The van der Waals surface area contributed by atoms with E-state index in [1.807, 2.05) is 0 Å². The van der Waals surface area contributed by atoms with E-state index in [9.17, 15) is 18.0 Å². The zero-order chi connectivity index (χ0) is 12.5. The summed E-state index contributed by atoms with van der Waals surface area (Å²) in [6.45, 7) is -0.773. The lowest BCUT2D eigenvalue weighted by atomic mass is 10.7. The van der Waals surface area contributed by atoms with Gasteiger partial charge in [-0.25, -0.2) is 18.0 Å². The summed E-state index contributed by atoms with van der Waals surface area (Å²) in [4.78, 5) is 21.0. The molecule has 17 heavy (non-hydrogen) atoms. The zero-order valence-electron chi connectivity index (χ0n) is 8.06. The molecular formula is C6H6O10S. The van der Waals surface area contributed by atoms with Crippen molar-refractivity contribution in [1.29, 1.82) is 0 Å². The van der Waals surface area contributed by atoms with Gasteiger partial charge in [-0.1, -0.05) is 0 Å². The fraction of sp³-hybridized carbons (Fsp3) is 0.667. The molecule has 0 radical (unpaired) electrons. The molecule has 0 amide bonds. The van der Waals surface area contributed by atoms with Crippen molar-refractivity contribution in [3.63, 3.8) is 0 Å². The van der Waals surface area contributed by atoms with E-state index in [1.54, 1.807) is 0 Å². The molecular weight excluding hydrogens is 264 g/mol. The van der Waals surface area contributed by atoms with E-state index in [2.05, 4.69) is 27.3 Å². The van der Waals surface area contributed by atoms with Gasteiger partial charge in [0, 0.05) is 0 Å². The molecule has 96 valence electrons. The first-order valence-corrected chi connectivity index (χ1v) is 5.56. The van der Waals surface area contributed by atoms with E-state index in [4.69, 9.17) is 0 Å². The maximum Gasteiger partial charge on any atom is 0.510 e. The van der Waals surface area contributed by atoms with Gasteiger partial charge >= 0.3 is 22.7 Å². The lowest BCUT2D eigenvalue weighted by molar-refractivity contribution is -0.0367. The average Bonchev–Trinajstić information content (AvgIpc) is 2.74. The van der Waals surface area contributed by atoms with E-state index in [-0.39, 0.29) is 13.2 Å². The molecule has 10 nitrogen and oxygen atoms in total. The molecule has 2 saturated heterocycles. The van der Waals surface area contributed by atoms with Gasteiger partial charge in [-0.15, -0.1) is 0 Å². The van der Waals surface area contributed by atoms with Gasteiger partial charge in [-0.2, -0.15) is 8.42 Å². The fourth-order valence-corrected chi connectivity index (χ4v) is 1.76. The quantitative estimate of drug-likeness (QED) is 0.602. The third kappa shape index (κ3) is 3.18. The number of carbonyl (C=O) groups is 2. The number of cyclic esters (lactones) is 4. The van der Waals surface area contributed by atoms with Crippen molar-refractivity contribution >= 4 is 22.7 Å². The van der Waals surface area contributed by atoms with Crippen molar-refractivity contribution in [2.24, 2.45) is 0 Å². The van der Waals surface area contributed by atoms with Gasteiger partial charge in [0.2, 0.25) is 0 Å². The Labute approximate surface area is 94.6 Å². The molecule has 0 saturated carbocycles. The van der Waals surface area contributed by atoms with E-state index >= 15 is 0 Å². The standard InChI is InChI=1S/C6H6O10S/c7-5-11-1-3(13-5)15-17(9,10)16-4-2-12-6(8)14-4/h3-4H,1-2H2. The molecule has 2 heterocycles. The SMILES string of the molecule is O=C1OCC(OS(=O)(=O)OC2COC(=O)O2)O1. The van der Waals surface area contributed by atoms with Gasteiger partial charge in [-0.05, 0) is 0 Å². The highest BCUT2D eigenvalue weighted by Crippen LogP contribution is 2.16. The molecule has 0 N–H and O–H groups in total. The van der Waals surface area contributed by atoms with Crippen molar-refractivity contribution in [3.8, 4) is 0 Å². The molecule has 2 unspecified atom stereocenters. The van der Waals surface area contributed by atoms with E-state index < -0.39 is 35.3 Å². The molecule has 2 aliphatic heterocycles. The molecule has 0 aromatic heterocycles. The van der Waals surface area contributed by atoms with E-state index in [0.29, 0.717) is 0 Å². The van der Waals surface area contributed by atoms with Crippen LogP contribution in [0.2, 0.25) is 0 Å². The van der Waals surface area contributed by atoms with Crippen LogP contribution in [0.5, 0.6) is 0 Å². The molecule has 0 aliphatic carbocycles. The van der Waals surface area contributed by atoms with Crippen LogP contribution in [0.1, 0.15) is 0 Å². The molecule has 2 fully saturated rings. The van der Waals surface area contributed by atoms with Crippen LogP contribution < -0.4 is 0 Å². The van der Waals surface area contributed by atoms with Crippen molar-refractivity contribution < 1.29 is 45.3 Å². The summed E-state index contributed by atoms with van der Waals surface area (Å²) < 4.78 is 48.2. The third-order valence-electron chi connectivity index (χ3n) is 1.58. The largest absolute Gasteiger partial charge is 0.510 e. The van der Waals surface area contributed by atoms with Crippen LogP contribution in [0, 0.1) is 0 Å². The van der Waals surface area contributed by atoms with Gasteiger partial charge in [0.25, 0.3) is 12.6 Å². The van der Waals surface area contributed by atoms with Crippen LogP contribution in [-0.2, 0) is 37.7 Å². The Balaban J connectivity index is 1.86. The minimum absolute atomic E-state index is 0.387. The van der Waals surface area contributed by atoms with Gasteiger partial charge in [0.05, 0.1) is 0 Å². The Hall–Kier alpha value is -1.59. The topological polar surface area (TPSA) is 124 Å². The van der Waals surface area contributed by atoms with Crippen LogP contribution in [0.3, 0.4) is 0 Å². The Morgan fingerprint density at radius 1 is 0.941 bits per heavy atom. The smallest absolute Gasteiger partial charge is 0.427 e. The number of hydrogen-bond donors (Lipinski definition) is 0. The Morgan fingerprint density at radius 3 is 1.65 bits per heavy atom. The molecule has 0 aromatic rings. The zero-order valence-corrected chi connectivity index (χ0v) is 8.88. The highest BCUT2D eigenvalue weighted by molar-refractivity contribution is 7.81. The number of ether oxygens (including phenoxy) is 4. The Bertz CT molecular complexity index is 392. The summed E-state index contributed by atoms with van der Waals surface area (Å²) in [5.74, 6) is 0. The van der Waals surface area contributed by atoms with Crippen LogP contribution in [-0.4, -0.2) is 46.5 Å². The summed E-state index contributed by atoms with van der Waals surface area (Å²) in [6, 6.07) is 0. The summed E-state index contributed by atoms with van der Waals surface area (Å²) in [6.07, 6.45) is -4.96. The first-order valence-electron chi connectivity index (χ1n) is 4.23. The second-order valence-electron chi connectivity index (χ2n) is 2.82. The van der Waals surface area contributed by atoms with Crippen molar-refractivity contribution in [2.45, 2.75) is 12.6 Å². The Kier molecular flexibility index (Phi) is 3.04. The molecule has 2 rings (SSSR count). The lowest BCUT2D eigenvalue weighted by Gasteiger charge is -2.10. The maximum atomic E-state index is 11.2. The monoisotopic (exact) mass is 270 g/mol. The number of rotatable bonds is 4. The first-order chi connectivity index (χ1) is 7.94. The van der Waals surface area contributed by atoms with Crippen LogP contribution in [0.4, 0.5) is 9.59 Å². The number of carbonyl (C=O) groups excluding carboxylic acids is 2. The highest BCUT2D eigenvalue weighted by Gasteiger charge is 2.36. The van der Waals surface area contributed by atoms with Crippen molar-refractivity contribution in [2.75, 3.05) is 13.2 Å². The van der Waals surface area contributed by atoms with E-state index in [0.717, 1.165) is 0 Å². The maximum absolute atomic E-state index is 11.2. The molecule has 0 aromatic carbocycles. The molecule has 0 bridgehead atoms. The average molecular weight is 270 g/mol. The predicted octanol–water partition coefficient (Wildman–Crippen LogP) is -0.750. The van der Waals surface area contributed by atoms with Crippen molar-refractivity contribution in [3.05, 3.63) is 0 Å². The lowest BCUT2D eigenvalue weighted by Crippen LogP contribution is -2.27. The molecule has 11 heteroatoms. The predicted molar refractivity (Wildman–Crippen MR) is 43.5 cm³/mol. The van der Waals surface area contributed by atoms with Gasteiger partial charge in [-0.3, -0.25) is 0 Å². The summed E-state index contributed by atoms with van der Waals surface area (Å²) >= 11 is 0. The fourth-order valence-electron chi connectivity index (χ4n) is 1.00. The van der Waals surface area contributed by atoms with Crippen LogP contribution in [0.15, 0.2) is 0 Å². The molecule has 2 aliphatic rings. The number of hydrogen-bond acceptors (Lipinski definition) is 10. The highest BCUT2D eigenvalue weighted by atomic mass is 32.3. The summed E-state index contributed by atoms with van der Waals surface area (Å²) in [5.41, 5.74) is 0. The summed E-state index contributed by atoms with van der Waals surface area (Å²) in [5, 5.41) is 0. The van der Waals surface area contributed by atoms with Crippen LogP contribution >= 0.6 is 0 Å². The molecule has 2 atom stereocenters. The van der Waals surface area contributed by atoms with Gasteiger partial charge in [0.15, 0.2) is 13.2 Å². The van der Waals surface area contributed by atoms with E-state index in [1.165, 1.54) is 0 Å². The summed E-state index contributed by atoms with van der Waals surface area (Å²) in [7, 11) is -4.51. The normalized spacial score (nSPS) is 28.2. The van der Waals surface area contributed by atoms with Crippen molar-refractivity contribution in [1.82, 2.24) is 0 Å². The third-order valence-corrected chi connectivity index (χ3v) is 2.48. The van der Waals surface area contributed by atoms with Gasteiger partial charge < -0.3 is 18.9 Å². The second-order valence-corrected chi connectivity index (χ2v) is 4.02. The minimum atomic E-state index is -4.51. The first kappa shape index (κ1) is 11.9. The Morgan fingerprint density at radius 2 is 1.35 bits per heavy atom.